The Hall–Kier alpha value is -1.30. The minimum atomic E-state index is -0.838. The average molecular weight is 151 g/mol. The summed E-state index contributed by atoms with van der Waals surface area (Å²) in [6, 6.07) is 1.82. The van der Waals surface area contributed by atoms with Crippen LogP contribution in [0.1, 0.15) is 20.8 Å². The zero-order valence-corrected chi connectivity index (χ0v) is 6.76. The maximum absolute atomic E-state index is 11.3. The lowest BCUT2D eigenvalue weighted by Crippen LogP contribution is -2.29. The lowest BCUT2D eigenvalue weighted by Gasteiger charge is -2.15. The van der Waals surface area contributed by atoms with Gasteiger partial charge < -0.3 is 4.74 Å². The van der Waals surface area contributed by atoms with Crippen LogP contribution in [0.3, 0.4) is 0 Å². The van der Waals surface area contributed by atoms with E-state index in [1.54, 1.807) is 20.8 Å². The van der Waals surface area contributed by atoms with Crippen molar-refractivity contribution >= 4 is 5.78 Å². The van der Waals surface area contributed by atoms with Crippen LogP contribution in [0.2, 0.25) is 0 Å². The van der Waals surface area contributed by atoms with Gasteiger partial charge in [-0.1, -0.05) is 0 Å². The van der Waals surface area contributed by atoms with Gasteiger partial charge in [-0.3, -0.25) is 4.79 Å². The molecule has 1 heterocycles. The van der Waals surface area contributed by atoms with Crippen molar-refractivity contribution < 1.29 is 9.53 Å². The first kappa shape index (κ1) is 7.80. The van der Waals surface area contributed by atoms with Gasteiger partial charge in [-0.2, -0.15) is 5.26 Å². The molecule has 3 heteroatoms. The quantitative estimate of drug-likeness (QED) is 0.522. The lowest BCUT2D eigenvalue weighted by molar-refractivity contribution is -0.127. The molecule has 1 aliphatic rings. The summed E-state index contributed by atoms with van der Waals surface area (Å²) in [5.41, 5.74) is -0.690. The van der Waals surface area contributed by atoms with E-state index in [0.717, 1.165) is 0 Å². The van der Waals surface area contributed by atoms with Crippen molar-refractivity contribution in [1.82, 2.24) is 0 Å². The first-order valence-electron chi connectivity index (χ1n) is 3.34. The molecule has 0 aromatic heterocycles. The summed E-state index contributed by atoms with van der Waals surface area (Å²) in [5.74, 6) is 0.208. The first-order chi connectivity index (χ1) is 4.99. The van der Waals surface area contributed by atoms with Gasteiger partial charge in [0.05, 0.1) is 0 Å². The number of nitriles is 1. The summed E-state index contributed by atoms with van der Waals surface area (Å²) in [4.78, 5) is 11.3. The smallest absolute Gasteiger partial charge is 0.219 e. The third-order valence-corrected chi connectivity index (χ3v) is 1.65. The number of hydrogen-bond donors (Lipinski definition) is 0. The fourth-order valence-corrected chi connectivity index (χ4v) is 1.07. The molecule has 0 aromatic carbocycles. The molecule has 11 heavy (non-hydrogen) atoms. The van der Waals surface area contributed by atoms with Crippen molar-refractivity contribution in [2.75, 3.05) is 0 Å². The van der Waals surface area contributed by atoms with Crippen LogP contribution in [0.4, 0.5) is 0 Å². The Labute approximate surface area is 65.3 Å². The Kier molecular flexibility index (Phi) is 1.48. The van der Waals surface area contributed by atoms with Crippen LogP contribution in [0, 0.1) is 11.3 Å². The Bertz CT molecular complexity index is 281. The summed E-state index contributed by atoms with van der Waals surface area (Å²) in [7, 11) is 0. The first-order valence-corrected chi connectivity index (χ1v) is 3.34. The van der Waals surface area contributed by atoms with E-state index in [1.807, 2.05) is 6.07 Å². The molecular formula is C8H9NO2. The lowest BCUT2D eigenvalue weighted by atomic mass is 10.0. The van der Waals surface area contributed by atoms with Crippen molar-refractivity contribution in [3.05, 3.63) is 11.3 Å². The molecule has 1 rings (SSSR count). The second-order valence-electron chi connectivity index (χ2n) is 2.98. The van der Waals surface area contributed by atoms with Crippen LogP contribution in [-0.2, 0) is 9.53 Å². The van der Waals surface area contributed by atoms with Gasteiger partial charge in [0.25, 0.3) is 0 Å². The highest BCUT2D eigenvalue weighted by molar-refractivity contribution is 6.06. The Morgan fingerprint density at radius 3 is 2.27 bits per heavy atom. The minimum Gasteiger partial charge on any atom is -0.483 e. The van der Waals surface area contributed by atoms with Gasteiger partial charge in [0, 0.05) is 0 Å². The molecule has 0 saturated heterocycles. The molecule has 0 radical (unpaired) electrons. The van der Waals surface area contributed by atoms with Gasteiger partial charge in [-0.15, -0.1) is 0 Å². The van der Waals surface area contributed by atoms with Crippen molar-refractivity contribution in [1.29, 1.82) is 5.26 Å². The number of carbonyl (C=O) groups is 1. The van der Waals surface area contributed by atoms with Crippen molar-refractivity contribution in [2.45, 2.75) is 26.4 Å². The Morgan fingerprint density at radius 2 is 2.09 bits per heavy atom. The molecule has 0 bridgehead atoms. The van der Waals surface area contributed by atoms with Crippen LogP contribution in [-0.4, -0.2) is 11.4 Å². The summed E-state index contributed by atoms with van der Waals surface area (Å²) in [5, 5.41) is 8.53. The molecule has 0 atom stereocenters. The molecule has 0 unspecified atom stereocenters. The number of ketones is 1. The fraction of sp³-hybridized carbons (Fsp3) is 0.500. The van der Waals surface area contributed by atoms with Crippen molar-refractivity contribution in [3.8, 4) is 6.07 Å². The minimum absolute atomic E-state index is 0.148. The van der Waals surface area contributed by atoms with Gasteiger partial charge >= 0.3 is 0 Å². The monoisotopic (exact) mass is 151 g/mol. The standard InChI is InChI=1S/C8H9NO2/c1-5-6(4-9)7(10)8(2,3)11-5/h1-3H3. The highest BCUT2D eigenvalue weighted by Gasteiger charge is 2.40. The maximum atomic E-state index is 11.3. The number of hydrogen-bond acceptors (Lipinski definition) is 3. The maximum Gasteiger partial charge on any atom is 0.219 e. The van der Waals surface area contributed by atoms with Crippen molar-refractivity contribution in [2.24, 2.45) is 0 Å². The van der Waals surface area contributed by atoms with E-state index in [4.69, 9.17) is 10.00 Å². The van der Waals surface area contributed by atoms with Gasteiger partial charge in [-0.05, 0) is 20.8 Å². The van der Waals surface area contributed by atoms with Gasteiger partial charge in [0.15, 0.2) is 5.60 Å². The zero-order chi connectivity index (χ0) is 8.65. The molecule has 3 nitrogen and oxygen atoms in total. The highest BCUT2D eigenvalue weighted by atomic mass is 16.5. The summed E-state index contributed by atoms with van der Waals surface area (Å²) >= 11 is 0. The van der Waals surface area contributed by atoms with E-state index >= 15 is 0 Å². The predicted molar refractivity (Wildman–Crippen MR) is 38.5 cm³/mol. The summed E-state index contributed by atoms with van der Waals surface area (Å²) in [6.45, 7) is 4.94. The number of allylic oxidation sites excluding steroid dienone is 1. The van der Waals surface area contributed by atoms with E-state index in [-0.39, 0.29) is 11.4 Å². The number of ether oxygens (including phenoxy) is 1. The molecule has 0 aromatic rings. The molecule has 0 amide bonds. The second-order valence-corrected chi connectivity index (χ2v) is 2.98. The van der Waals surface area contributed by atoms with E-state index in [1.165, 1.54) is 0 Å². The Balaban J connectivity index is 3.09. The van der Waals surface area contributed by atoms with E-state index in [9.17, 15) is 4.79 Å². The van der Waals surface area contributed by atoms with Gasteiger partial charge in [-0.25, -0.2) is 0 Å². The highest BCUT2D eigenvalue weighted by Crippen LogP contribution is 2.28. The zero-order valence-electron chi connectivity index (χ0n) is 6.76. The predicted octanol–water partition coefficient (Wildman–Crippen LogP) is 1.16. The molecule has 0 fully saturated rings. The van der Waals surface area contributed by atoms with Crippen LogP contribution in [0.5, 0.6) is 0 Å². The number of carbonyl (C=O) groups excluding carboxylic acids is 1. The topological polar surface area (TPSA) is 50.1 Å². The molecule has 0 spiro atoms. The molecule has 0 N–H and O–H groups in total. The molecule has 58 valence electrons. The largest absolute Gasteiger partial charge is 0.483 e. The third kappa shape index (κ3) is 1.01. The Morgan fingerprint density at radius 1 is 1.55 bits per heavy atom. The van der Waals surface area contributed by atoms with Gasteiger partial charge in [0.1, 0.15) is 17.4 Å². The van der Waals surface area contributed by atoms with Crippen molar-refractivity contribution in [3.63, 3.8) is 0 Å². The SMILES string of the molecule is CC1=C(C#N)C(=O)C(C)(C)O1. The second kappa shape index (κ2) is 2.09. The van der Waals surface area contributed by atoms with E-state index in [2.05, 4.69) is 0 Å². The van der Waals surface area contributed by atoms with Crippen LogP contribution in [0.15, 0.2) is 11.3 Å². The van der Waals surface area contributed by atoms with E-state index < -0.39 is 5.60 Å². The third-order valence-electron chi connectivity index (χ3n) is 1.65. The molecule has 0 aliphatic carbocycles. The normalized spacial score (nSPS) is 21.5. The van der Waals surface area contributed by atoms with Crippen LogP contribution < -0.4 is 0 Å². The summed E-state index contributed by atoms with van der Waals surface area (Å²) in [6.07, 6.45) is 0. The number of rotatable bonds is 0. The van der Waals surface area contributed by atoms with Gasteiger partial charge in [0.2, 0.25) is 5.78 Å². The van der Waals surface area contributed by atoms with Crippen LogP contribution >= 0.6 is 0 Å². The molecule has 1 aliphatic heterocycles. The molecular weight excluding hydrogens is 142 g/mol. The summed E-state index contributed by atoms with van der Waals surface area (Å²) < 4.78 is 5.17. The fourth-order valence-electron chi connectivity index (χ4n) is 1.07. The van der Waals surface area contributed by atoms with Crippen LogP contribution in [0.25, 0.3) is 0 Å². The molecule has 0 saturated carbocycles. The number of Topliss-reactive ketones (excluding diaryl/α,β-unsaturated/α-hetero) is 1. The van der Waals surface area contributed by atoms with E-state index in [0.29, 0.717) is 5.76 Å². The number of nitrogens with zero attached hydrogens (tertiary/aromatic N) is 1. The average Bonchev–Trinajstić information content (AvgIpc) is 2.04.